The summed E-state index contributed by atoms with van der Waals surface area (Å²) in [4.78, 5) is 13.2. The Morgan fingerprint density at radius 1 is 1.22 bits per heavy atom. The van der Waals surface area contributed by atoms with Gasteiger partial charge in [0.2, 0.25) is 0 Å². The number of anilines is 1. The van der Waals surface area contributed by atoms with E-state index in [9.17, 15) is 9.90 Å². The number of benzene rings is 2. The number of rotatable bonds is 6. The van der Waals surface area contributed by atoms with Gasteiger partial charge in [-0.1, -0.05) is 30.3 Å². The zero-order valence-corrected chi connectivity index (χ0v) is 16.9. The molecule has 0 bridgehead atoms. The zero-order valence-electron chi connectivity index (χ0n) is 16.1. The van der Waals surface area contributed by atoms with E-state index in [2.05, 4.69) is 5.32 Å². The molecule has 0 heterocycles. The number of aliphatic hydroxyl groups excluding tert-OH is 1. The van der Waals surface area contributed by atoms with E-state index < -0.39 is 18.3 Å². The van der Waals surface area contributed by atoms with E-state index in [0.29, 0.717) is 11.3 Å². The molecule has 0 radical (unpaired) electrons. The van der Waals surface area contributed by atoms with Crippen LogP contribution in [0.5, 0.6) is 0 Å². The number of amides is 1. The van der Waals surface area contributed by atoms with Crippen molar-refractivity contribution in [1.29, 1.82) is 5.41 Å². The Balaban J connectivity index is 2.36. The molecule has 0 saturated carbocycles. The van der Waals surface area contributed by atoms with E-state index in [1.54, 1.807) is 38.6 Å². The van der Waals surface area contributed by atoms with Gasteiger partial charge in [-0.2, -0.15) is 0 Å². The van der Waals surface area contributed by atoms with Crippen molar-refractivity contribution in [2.45, 2.75) is 43.9 Å². The Bertz CT molecular complexity index is 814. The van der Waals surface area contributed by atoms with Gasteiger partial charge < -0.3 is 15.3 Å². The van der Waals surface area contributed by atoms with Crippen molar-refractivity contribution in [1.82, 2.24) is 0 Å². The molecule has 2 aromatic carbocycles. The Kier molecular flexibility index (Phi) is 7.05. The quantitative estimate of drug-likeness (QED) is 0.482. The van der Waals surface area contributed by atoms with Gasteiger partial charge in [0.25, 0.3) is 0 Å². The molecule has 0 saturated heterocycles. The predicted octanol–water partition coefficient (Wildman–Crippen LogP) is 4.99. The molecule has 0 fully saturated rings. The first-order chi connectivity index (χ1) is 12.7. The van der Waals surface area contributed by atoms with Gasteiger partial charge in [-0.15, -0.1) is 11.8 Å². The molecule has 0 aliphatic rings. The maximum Gasteiger partial charge on any atom is 0.412 e. The van der Waals surface area contributed by atoms with E-state index in [0.717, 1.165) is 21.8 Å². The summed E-state index contributed by atoms with van der Waals surface area (Å²) in [7, 11) is 0. The second-order valence-corrected chi connectivity index (χ2v) is 8.24. The molecule has 2 aromatic rings. The fourth-order valence-electron chi connectivity index (χ4n) is 2.46. The minimum Gasteiger partial charge on any atom is -0.444 e. The highest BCUT2D eigenvalue weighted by Crippen LogP contribution is 2.34. The Morgan fingerprint density at radius 3 is 2.48 bits per heavy atom. The lowest BCUT2D eigenvalue weighted by Gasteiger charge is -2.22. The fraction of sp³-hybridized carbons (Fsp3) is 0.333. The van der Waals surface area contributed by atoms with Crippen molar-refractivity contribution in [3.05, 3.63) is 59.2 Å². The average molecular weight is 387 g/mol. The summed E-state index contributed by atoms with van der Waals surface area (Å²) in [6, 6.07) is 13.8. The number of nitrogens with one attached hydrogen (secondary N) is 2. The summed E-state index contributed by atoms with van der Waals surface area (Å²) in [5, 5.41) is 20.3. The fourth-order valence-corrected chi connectivity index (χ4v) is 3.55. The highest BCUT2D eigenvalue weighted by atomic mass is 32.2. The number of carbonyl (C=O) groups excluding carboxylic acids is 1. The highest BCUT2D eigenvalue weighted by Gasteiger charge is 2.20. The first-order valence-corrected chi connectivity index (χ1v) is 9.68. The van der Waals surface area contributed by atoms with Crippen molar-refractivity contribution in [2.24, 2.45) is 0 Å². The van der Waals surface area contributed by atoms with Crippen LogP contribution in [-0.4, -0.2) is 29.1 Å². The van der Waals surface area contributed by atoms with Crippen LogP contribution in [0.2, 0.25) is 0 Å². The van der Waals surface area contributed by atoms with Crippen LogP contribution in [0.25, 0.3) is 0 Å². The van der Waals surface area contributed by atoms with Gasteiger partial charge in [0.1, 0.15) is 5.60 Å². The van der Waals surface area contributed by atoms with E-state index >= 15 is 0 Å². The van der Waals surface area contributed by atoms with Gasteiger partial charge in [-0.3, -0.25) is 5.32 Å². The Labute approximate surface area is 164 Å². The Morgan fingerprint density at radius 2 is 1.89 bits per heavy atom. The van der Waals surface area contributed by atoms with Gasteiger partial charge in [-0.05, 0) is 51.0 Å². The lowest BCUT2D eigenvalue weighted by atomic mass is 10.0. The molecule has 5 nitrogen and oxygen atoms in total. The summed E-state index contributed by atoms with van der Waals surface area (Å²) in [5.74, 6) is 0.721. The molecule has 0 aliphatic carbocycles. The minimum absolute atomic E-state index is 0.0475. The molecular formula is C21H26N2O3S. The standard InChI is InChI=1S/C21H26N2O3S/c1-14-10-16(17(22)12-24)19(23-20(25)26-21(2,3)4)18(11-14)27-13-15-8-6-5-7-9-15/h5-11,22,24H,12-13H2,1-4H3,(H,23,25). The van der Waals surface area contributed by atoms with Gasteiger partial charge in [-0.25, -0.2) is 4.79 Å². The zero-order chi connectivity index (χ0) is 20.0. The van der Waals surface area contributed by atoms with Crippen LogP contribution in [0.3, 0.4) is 0 Å². The van der Waals surface area contributed by atoms with Crippen LogP contribution >= 0.6 is 11.8 Å². The van der Waals surface area contributed by atoms with Crippen molar-refractivity contribution in [3.8, 4) is 0 Å². The Hall–Kier alpha value is -2.31. The normalized spacial score (nSPS) is 11.1. The second kappa shape index (κ2) is 9.06. The number of hydrogen-bond acceptors (Lipinski definition) is 5. The van der Waals surface area contributed by atoms with Crippen LogP contribution in [-0.2, 0) is 10.5 Å². The maximum absolute atomic E-state index is 12.3. The van der Waals surface area contributed by atoms with E-state index in [-0.39, 0.29) is 5.71 Å². The molecule has 1 amide bonds. The third kappa shape index (κ3) is 6.41. The van der Waals surface area contributed by atoms with Crippen molar-refractivity contribution in [2.75, 3.05) is 11.9 Å². The first kappa shape index (κ1) is 21.0. The number of hydrogen-bond donors (Lipinski definition) is 3. The summed E-state index contributed by atoms with van der Waals surface area (Å²) in [6.07, 6.45) is -0.583. The number of carbonyl (C=O) groups is 1. The SMILES string of the molecule is Cc1cc(SCc2ccccc2)c(NC(=O)OC(C)(C)C)c(C(=N)CO)c1. The monoisotopic (exact) mass is 386 g/mol. The molecule has 2 rings (SSSR count). The minimum atomic E-state index is -0.628. The molecule has 0 unspecified atom stereocenters. The van der Waals surface area contributed by atoms with Crippen LogP contribution in [0.4, 0.5) is 10.5 Å². The molecular weight excluding hydrogens is 360 g/mol. The lowest BCUT2D eigenvalue weighted by molar-refractivity contribution is 0.0635. The third-order valence-electron chi connectivity index (χ3n) is 3.59. The molecule has 0 aliphatic heterocycles. The van der Waals surface area contributed by atoms with E-state index in [4.69, 9.17) is 10.1 Å². The summed E-state index contributed by atoms with van der Waals surface area (Å²) >= 11 is 1.57. The topological polar surface area (TPSA) is 82.4 Å². The van der Waals surface area contributed by atoms with Gasteiger partial charge in [0.05, 0.1) is 18.0 Å². The average Bonchev–Trinajstić information content (AvgIpc) is 2.60. The molecule has 6 heteroatoms. The van der Waals surface area contributed by atoms with Crippen molar-refractivity contribution < 1.29 is 14.6 Å². The first-order valence-electron chi connectivity index (χ1n) is 8.69. The highest BCUT2D eigenvalue weighted by molar-refractivity contribution is 7.98. The van der Waals surface area contributed by atoms with Crippen molar-refractivity contribution in [3.63, 3.8) is 0 Å². The van der Waals surface area contributed by atoms with Crippen LogP contribution < -0.4 is 5.32 Å². The van der Waals surface area contributed by atoms with E-state index in [1.165, 1.54) is 0 Å². The second-order valence-electron chi connectivity index (χ2n) is 7.22. The maximum atomic E-state index is 12.3. The van der Waals surface area contributed by atoms with Crippen LogP contribution in [0, 0.1) is 12.3 Å². The van der Waals surface area contributed by atoms with Crippen LogP contribution in [0.15, 0.2) is 47.4 Å². The number of aryl methyl sites for hydroxylation is 1. The molecule has 3 N–H and O–H groups in total. The summed E-state index contributed by atoms with van der Waals surface area (Å²) in [6.45, 7) is 6.91. The number of aliphatic hydroxyl groups is 1. The number of thioether (sulfide) groups is 1. The van der Waals surface area contributed by atoms with Gasteiger partial charge in [0.15, 0.2) is 0 Å². The largest absolute Gasteiger partial charge is 0.444 e. The molecule has 0 atom stereocenters. The molecule has 144 valence electrons. The smallest absolute Gasteiger partial charge is 0.412 e. The van der Waals surface area contributed by atoms with E-state index in [1.807, 2.05) is 43.3 Å². The predicted molar refractivity (Wildman–Crippen MR) is 111 cm³/mol. The lowest BCUT2D eigenvalue weighted by Crippen LogP contribution is -2.28. The molecule has 0 aromatic heterocycles. The van der Waals surface area contributed by atoms with Crippen LogP contribution in [0.1, 0.15) is 37.5 Å². The summed E-state index contributed by atoms with van der Waals surface area (Å²) < 4.78 is 5.37. The van der Waals surface area contributed by atoms with Crippen molar-refractivity contribution >= 4 is 29.3 Å². The van der Waals surface area contributed by atoms with Gasteiger partial charge >= 0.3 is 6.09 Å². The molecule has 27 heavy (non-hydrogen) atoms. The third-order valence-corrected chi connectivity index (χ3v) is 4.70. The molecule has 0 spiro atoms. The number of ether oxygens (including phenoxy) is 1. The van der Waals surface area contributed by atoms with Gasteiger partial charge in [0, 0.05) is 16.2 Å². The summed E-state index contributed by atoms with van der Waals surface area (Å²) in [5.41, 5.74) is 2.52.